The van der Waals surface area contributed by atoms with Gasteiger partial charge in [0.15, 0.2) is 11.6 Å². The molecule has 36 heavy (non-hydrogen) atoms. The molecule has 194 valence electrons. The molecule has 1 aliphatic carbocycles. The van der Waals surface area contributed by atoms with E-state index in [4.69, 9.17) is 0 Å². The van der Waals surface area contributed by atoms with Gasteiger partial charge in [0.25, 0.3) is 0 Å². The van der Waals surface area contributed by atoms with E-state index in [-0.39, 0.29) is 16.5 Å². The number of hydrogen-bond acceptors (Lipinski definition) is 1. The van der Waals surface area contributed by atoms with E-state index in [2.05, 4.69) is 11.7 Å². The third-order valence-electron chi connectivity index (χ3n) is 7.29. The molecular weight excluding hydrogens is 478 g/mol. The van der Waals surface area contributed by atoms with Crippen molar-refractivity contribution < 1.29 is 31.1 Å². The Balaban J connectivity index is 1.50. The molecule has 0 spiro atoms. The van der Waals surface area contributed by atoms with Crippen molar-refractivity contribution >= 4 is 10.8 Å². The molecule has 0 N–H and O–H groups in total. The summed E-state index contributed by atoms with van der Waals surface area (Å²) in [7, 11) is 0. The summed E-state index contributed by atoms with van der Waals surface area (Å²) in [5, 5.41) is 0.964. The average Bonchev–Trinajstić information content (AvgIpc) is 2.84. The molecule has 3 aromatic rings. The van der Waals surface area contributed by atoms with Gasteiger partial charge >= 0.3 is 6.36 Å². The molecule has 0 amide bonds. The van der Waals surface area contributed by atoms with Crippen molar-refractivity contribution in [1.29, 1.82) is 0 Å². The molecule has 0 bridgehead atoms. The molecule has 0 heterocycles. The second kappa shape index (κ2) is 11.1. The van der Waals surface area contributed by atoms with Crippen LogP contribution in [0.1, 0.15) is 76.2 Å². The van der Waals surface area contributed by atoms with Crippen LogP contribution in [0.4, 0.5) is 26.3 Å². The second-order valence-electron chi connectivity index (χ2n) is 9.79. The predicted octanol–water partition coefficient (Wildman–Crippen LogP) is 10.1. The number of rotatable bonds is 8. The van der Waals surface area contributed by atoms with Crippen molar-refractivity contribution in [2.75, 3.05) is 0 Å². The normalized spacial score (nSPS) is 18.5. The van der Waals surface area contributed by atoms with Crippen LogP contribution >= 0.6 is 0 Å². The molecule has 0 atom stereocenters. The number of alkyl halides is 3. The van der Waals surface area contributed by atoms with Crippen LogP contribution in [0.3, 0.4) is 0 Å². The molecule has 0 unspecified atom stereocenters. The van der Waals surface area contributed by atoms with Crippen molar-refractivity contribution in [3.05, 3.63) is 65.5 Å². The van der Waals surface area contributed by atoms with Gasteiger partial charge in [0.2, 0.25) is 5.75 Å². The van der Waals surface area contributed by atoms with Gasteiger partial charge < -0.3 is 4.74 Å². The zero-order chi connectivity index (χ0) is 25.9. The van der Waals surface area contributed by atoms with Crippen molar-refractivity contribution in [2.24, 2.45) is 5.92 Å². The molecule has 0 aliphatic heterocycles. The van der Waals surface area contributed by atoms with Crippen LogP contribution in [0.5, 0.6) is 5.75 Å². The molecule has 7 heteroatoms. The van der Waals surface area contributed by atoms with E-state index in [9.17, 15) is 22.0 Å². The van der Waals surface area contributed by atoms with Crippen LogP contribution in [0, 0.1) is 23.4 Å². The summed E-state index contributed by atoms with van der Waals surface area (Å²) in [5.41, 5.74) is 0.847. The molecule has 1 nitrogen and oxygen atoms in total. The van der Waals surface area contributed by atoms with Crippen molar-refractivity contribution in [2.45, 2.75) is 77.0 Å². The molecule has 0 aromatic heterocycles. The fraction of sp³-hybridized carbons (Fsp3) is 0.448. The van der Waals surface area contributed by atoms with E-state index in [0.29, 0.717) is 23.4 Å². The molecular formula is C29H30F6O. The number of ether oxygens (including phenoxy) is 1. The Labute approximate surface area is 207 Å². The van der Waals surface area contributed by atoms with Gasteiger partial charge in [-0.2, -0.15) is 0 Å². The molecule has 1 saturated carbocycles. The summed E-state index contributed by atoms with van der Waals surface area (Å²) in [5.74, 6) is -4.15. The summed E-state index contributed by atoms with van der Waals surface area (Å²) >= 11 is 0. The highest BCUT2D eigenvalue weighted by Crippen LogP contribution is 2.40. The van der Waals surface area contributed by atoms with E-state index in [1.54, 1.807) is 12.1 Å². The Kier molecular flexibility index (Phi) is 8.16. The molecule has 0 radical (unpaired) electrons. The highest BCUT2D eigenvalue weighted by Gasteiger charge is 2.34. The van der Waals surface area contributed by atoms with Gasteiger partial charge in [-0.3, -0.25) is 0 Å². The minimum Gasteiger partial charge on any atom is -0.399 e. The number of benzene rings is 3. The topological polar surface area (TPSA) is 9.23 Å². The molecule has 0 saturated heterocycles. The lowest BCUT2D eigenvalue weighted by molar-refractivity contribution is -0.276. The first-order valence-corrected chi connectivity index (χ1v) is 12.6. The van der Waals surface area contributed by atoms with Crippen LogP contribution in [-0.2, 0) is 0 Å². The third kappa shape index (κ3) is 6.16. The summed E-state index contributed by atoms with van der Waals surface area (Å²) in [4.78, 5) is 0. The lowest BCUT2D eigenvalue weighted by atomic mass is 9.76. The Morgan fingerprint density at radius 1 is 0.833 bits per heavy atom. The van der Waals surface area contributed by atoms with E-state index in [0.717, 1.165) is 24.3 Å². The van der Waals surface area contributed by atoms with E-state index in [1.165, 1.54) is 51.0 Å². The number of hydrogen-bond donors (Lipinski definition) is 0. The van der Waals surface area contributed by atoms with E-state index >= 15 is 4.39 Å². The van der Waals surface area contributed by atoms with Crippen molar-refractivity contribution in [3.63, 3.8) is 0 Å². The van der Waals surface area contributed by atoms with Crippen molar-refractivity contribution in [1.82, 2.24) is 0 Å². The summed E-state index contributed by atoms with van der Waals surface area (Å²) in [6.07, 6.45) is 5.81. The highest BCUT2D eigenvalue weighted by atomic mass is 19.4. The zero-order valence-corrected chi connectivity index (χ0v) is 20.2. The smallest absolute Gasteiger partial charge is 0.399 e. The summed E-state index contributed by atoms with van der Waals surface area (Å²) in [6.45, 7) is 2.22. The predicted molar refractivity (Wildman–Crippen MR) is 129 cm³/mol. The molecule has 4 rings (SSSR count). The van der Waals surface area contributed by atoms with Crippen LogP contribution in [0.25, 0.3) is 21.9 Å². The van der Waals surface area contributed by atoms with Gasteiger partial charge in [-0.05, 0) is 66.2 Å². The monoisotopic (exact) mass is 508 g/mol. The number of unbranched alkanes of at least 4 members (excludes halogenated alkanes) is 3. The highest BCUT2D eigenvalue weighted by molar-refractivity contribution is 5.89. The standard InChI is InChI=1S/C29H30F6O/c1-2-3-4-5-6-18-7-9-19(10-8-18)20-11-13-23-21(15-20)12-14-24(27(23)32)22-16-25(30)28(26(31)17-22)36-29(33,34)35/h11-19H,2-10H2,1H3. The minimum atomic E-state index is -5.25. The molecule has 1 fully saturated rings. The first-order valence-electron chi connectivity index (χ1n) is 12.6. The van der Waals surface area contributed by atoms with Gasteiger partial charge in [-0.1, -0.05) is 69.4 Å². The largest absolute Gasteiger partial charge is 0.573 e. The molecule has 3 aromatic carbocycles. The van der Waals surface area contributed by atoms with Crippen LogP contribution in [0.2, 0.25) is 0 Å². The van der Waals surface area contributed by atoms with Crippen LogP contribution in [-0.4, -0.2) is 6.36 Å². The Bertz CT molecular complexity index is 1170. The quantitative estimate of drug-likeness (QED) is 0.217. The van der Waals surface area contributed by atoms with Gasteiger partial charge in [0.05, 0.1) is 0 Å². The van der Waals surface area contributed by atoms with E-state index < -0.39 is 29.6 Å². The van der Waals surface area contributed by atoms with Gasteiger partial charge in [-0.15, -0.1) is 13.2 Å². The molecule has 1 aliphatic rings. The first kappa shape index (κ1) is 26.4. The fourth-order valence-electron chi connectivity index (χ4n) is 5.36. The maximum absolute atomic E-state index is 15.3. The average molecular weight is 509 g/mol. The third-order valence-corrected chi connectivity index (χ3v) is 7.29. The summed E-state index contributed by atoms with van der Waals surface area (Å²) in [6, 6.07) is 9.90. The second-order valence-corrected chi connectivity index (χ2v) is 9.79. The Morgan fingerprint density at radius 2 is 1.53 bits per heavy atom. The Hall–Kier alpha value is -2.70. The summed E-state index contributed by atoms with van der Waals surface area (Å²) < 4.78 is 84.3. The fourth-order valence-corrected chi connectivity index (χ4v) is 5.36. The number of halogens is 6. The van der Waals surface area contributed by atoms with Crippen LogP contribution in [0.15, 0.2) is 42.5 Å². The van der Waals surface area contributed by atoms with Crippen LogP contribution < -0.4 is 4.74 Å². The number of fused-ring (bicyclic) bond motifs is 1. The lowest BCUT2D eigenvalue weighted by Crippen LogP contribution is -2.19. The Morgan fingerprint density at radius 3 is 2.17 bits per heavy atom. The van der Waals surface area contributed by atoms with Gasteiger partial charge in [0.1, 0.15) is 5.82 Å². The van der Waals surface area contributed by atoms with Crippen molar-refractivity contribution in [3.8, 4) is 16.9 Å². The van der Waals surface area contributed by atoms with Gasteiger partial charge in [-0.25, -0.2) is 13.2 Å². The first-order chi connectivity index (χ1) is 17.2. The lowest BCUT2D eigenvalue weighted by Gasteiger charge is -2.29. The minimum absolute atomic E-state index is 0.102. The maximum atomic E-state index is 15.3. The van der Waals surface area contributed by atoms with E-state index in [1.807, 2.05) is 12.1 Å². The zero-order valence-electron chi connectivity index (χ0n) is 20.2. The van der Waals surface area contributed by atoms with Gasteiger partial charge in [0, 0.05) is 10.9 Å². The SMILES string of the molecule is CCCCCCC1CCC(c2ccc3c(F)c(-c4cc(F)c(OC(F)(F)F)c(F)c4)ccc3c2)CC1. The maximum Gasteiger partial charge on any atom is 0.573 e.